The average molecular weight is 538 g/mol. The van der Waals surface area contributed by atoms with Crippen molar-refractivity contribution < 1.29 is 22.3 Å². The zero-order valence-corrected chi connectivity index (χ0v) is 21.5. The van der Waals surface area contributed by atoms with Gasteiger partial charge in [0.15, 0.2) is 5.13 Å². The summed E-state index contributed by atoms with van der Waals surface area (Å²) in [6.45, 7) is 1.34. The summed E-state index contributed by atoms with van der Waals surface area (Å²) in [4.78, 5) is 19.9. The maximum atomic E-state index is 13.8. The van der Waals surface area contributed by atoms with Gasteiger partial charge in [0.05, 0.1) is 33.4 Å². The SMILES string of the molecule is O=C(c1ccc(S(=O)(=O)N2CCc3ccccc32)cc1)N(CC1CCCO1)c1nc2ccc(F)cc2s1. The van der Waals surface area contributed by atoms with Crippen LogP contribution in [-0.4, -0.2) is 45.1 Å². The van der Waals surface area contributed by atoms with E-state index in [4.69, 9.17) is 4.74 Å². The second-order valence-corrected chi connectivity index (χ2v) is 12.0. The highest BCUT2D eigenvalue weighted by atomic mass is 32.2. The van der Waals surface area contributed by atoms with Crippen molar-refractivity contribution in [2.24, 2.45) is 0 Å². The molecule has 1 aromatic heterocycles. The minimum atomic E-state index is -3.76. The first kappa shape index (κ1) is 24.0. The van der Waals surface area contributed by atoms with Gasteiger partial charge < -0.3 is 4.74 Å². The van der Waals surface area contributed by atoms with Crippen LogP contribution < -0.4 is 9.21 Å². The molecule has 0 bridgehead atoms. The van der Waals surface area contributed by atoms with Crippen molar-refractivity contribution >= 4 is 48.3 Å². The van der Waals surface area contributed by atoms with Crippen molar-refractivity contribution in [2.75, 3.05) is 28.9 Å². The van der Waals surface area contributed by atoms with E-state index in [1.807, 2.05) is 24.3 Å². The van der Waals surface area contributed by atoms with Gasteiger partial charge in [0, 0.05) is 18.7 Å². The lowest BCUT2D eigenvalue weighted by Crippen LogP contribution is -2.37. The maximum Gasteiger partial charge on any atom is 0.264 e. The number of nitrogens with zero attached hydrogens (tertiary/aromatic N) is 3. The van der Waals surface area contributed by atoms with Gasteiger partial charge in [-0.2, -0.15) is 0 Å². The number of benzene rings is 3. The van der Waals surface area contributed by atoms with Gasteiger partial charge in [-0.3, -0.25) is 14.0 Å². The Morgan fingerprint density at radius 2 is 1.95 bits per heavy atom. The summed E-state index contributed by atoms with van der Waals surface area (Å²) in [5.41, 5.74) is 2.64. The minimum Gasteiger partial charge on any atom is -0.376 e. The molecule has 3 heterocycles. The Hall–Kier alpha value is -3.34. The highest BCUT2D eigenvalue weighted by Gasteiger charge is 2.31. The number of aromatic nitrogens is 1. The highest BCUT2D eigenvalue weighted by molar-refractivity contribution is 7.92. The van der Waals surface area contributed by atoms with E-state index in [1.165, 1.54) is 52.0 Å². The lowest BCUT2D eigenvalue weighted by Gasteiger charge is -2.23. The number of fused-ring (bicyclic) bond motifs is 2. The van der Waals surface area contributed by atoms with E-state index in [9.17, 15) is 17.6 Å². The van der Waals surface area contributed by atoms with Crippen molar-refractivity contribution in [3.05, 3.63) is 83.7 Å². The van der Waals surface area contributed by atoms with E-state index in [0.717, 1.165) is 18.4 Å². The molecule has 4 aromatic rings. The predicted octanol–water partition coefficient (Wildman–Crippen LogP) is 5.01. The Morgan fingerprint density at radius 3 is 2.73 bits per heavy atom. The van der Waals surface area contributed by atoms with E-state index >= 15 is 0 Å². The summed E-state index contributed by atoms with van der Waals surface area (Å²) in [5.74, 6) is -0.678. The molecule has 6 rings (SSSR count). The van der Waals surface area contributed by atoms with Gasteiger partial charge in [0.1, 0.15) is 5.82 Å². The maximum absolute atomic E-state index is 13.8. The van der Waals surface area contributed by atoms with Crippen LogP contribution in [-0.2, 0) is 21.2 Å². The summed E-state index contributed by atoms with van der Waals surface area (Å²) in [7, 11) is -3.76. The van der Waals surface area contributed by atoms with Crippen LogP contribution in [0.1, 0.15) is 28.8 Å². The van der Waals surface area contributed by atoms with E-state index in [1.54, 1.807) is 11.0 Å². The molecule has 0 radical (unpaired) electrons. The summed E-state index contributed by atoms with van der Waals surface area (Å²) in [6.07, 6.45) is 2.29. The van der Waals surface area contributed by atoms with Crippen molar-refractivity contribution in [3.63, 3.8) is 0 Å². The number of hydrogen-bond acceptors (Lipinski definition) is 6. The molecule has 7 nitrogen and oxygen atoms in total. The van der Waals surface area contributed by atoms with Crippen molar-refractivity contribution in [2.45, 2.75) is 30.3 Å². The fourth-order valence-corrected chi connectivity index (χ4v) is 7.35. The molecule has 190 valence electrons. The normalized spacial score (nSPS) is 17.3. The Labute approximate surface area is 218 Å². The van der Waals surface area contributed by atoms with Crippen LogP contribution in [0, 0.1) is 5.82 Å². The molecule has 3 aromatic carbocycles. The van der Waals surface area contributed by atoms with Crippen LogP contribution in [0.3, 0.4) is 0 Å². The molecule has 1 fully saturated rings. The number of halogens is 1. The monoisotopic (exact) mass is 537 g/mol. The van der Waals surface area contributed by atoms with Crippen LogP contribution in [0.15, 0.2) is 71.6 Å². The summed E-state index contributed by atoms with van der Waals surface area (Å²) in [5, 5.41) is 0.450. The Morgan fingerprint density at radius 1 is 1.14 bits per heavy atom. The molecular weight excluding hydrogens is 513 g/mol. The zero-order valence-electron chi connectivity index (χ0n) is 19.8. The molecular formula is C27H24FN3O4S2. The third-order valence-electron chi connectivity index (χ3n) is 6.76. The Balaban J connectivity index is 1.30. The second-order valence-electron chi connectivity index (χ2n) is 9.14. The van der Waals surface area contributed by atoms with Gasteiger partial charge in [-0.1, -0.05) is 29.5 Å². The topological polar surface area (TPSA) is 79.8 Å². The zero-order chi connectivity index (χ0) is 25.6. The average Bonchev–Trinajstić information content (AvgIpc) is 3.66. The molecule has 10 heteroatoms. The van der Waals surface area contributed by atoms with Crippen molar-refractivity contribution in [1.29, 1.82) is 0 Å². The number of ether oxygens (including phenoxy) is 1. The number of anilines is 2. The third-order valence-corrected chi connectivity index (χ3v) is 9.63. The number of carbonyl (C=O) groups excluding carboxylic acids is 1. The molecule has 0 spiro atoms. The molecule has 1 saturated heterocycles. The van der Waals surface area contributed by atoms with Crippen molar-refractivity contribution in [3.8, 4) is 0 Å². The smallest absolute Gasteiger partial charge is 0.264 e. The lowest BCUT2D eigenvalue weighted by molar-refractivity contribution is 0.0917. The summed E-state index contributed by atoms with van der Waals surface area (Å²) >= 11 is 1.24. The van der Waals surface area contributed by atoms with E-state index in [-0.39, 0.29) is 22.7 Å². The molecule has 37 heavy (non-hydrogen) atoms. The second kappa shape index (κ2) is 9.51. The Bertz CT molecular complexity index is 1580. The summed E-state index contributed by atoms with van der Waals surface area (Å²) in [6, 6.07) is 17.8. The highest BCUT2D eigenvalue weighted by Crippen LogP contribution is 2.34. The van der Waals surface area contributed by atoms with Crippen LogP contribution >= 0.6 is 11.3 Å². The van der Waals surface area contributed by atoms with E-state index < -0.39 is 10.0 Å². The van der Waals surface area contributed by atoms with Crippen LogP contribution in [0.2, 0.25) is 0 Å². The predicted molar refractivity (Wildman–Crippen MR) is 141 cm³/mol. The van der Waals surface area contributed by atoms with Gasteiger partial charge in [-0.25, -0.2) is 17.8 Å². The number of rotatable bonds is 6. The molecule has 0 saturated carbocycles. The largest absolute Gasteiger partial charge is 0.376 e. The van der Waals surface area contributed by atoms with Crippen LogP contribution in [0.25, 0.3) is 10.2 Å². The molecule has 1 atom stereocenters. The molecule has 0 N–H and O–H groups in total. The van der Waals surface area contributed by atoms with E-state index in [2.05, 4.69) is 4.98 Å². The first-order valence-electron chi connectivity index (χ1n) is 12.1. The lowest BCUT2D eigenvalue weighted by atomic mass is 10.2. The van der Waals surface area contributed by atoms with Gasteiger partial charge in [-0.05, 0) is 73.4 Å². The Kier molecular flexibility index (Phi) is 6.18. The number of sulfonamides is 1. The molecule has 1 amide bonds. The fraction of sp³-hybridized carbons (Fsp3) is 0.259. The van der Waals surface area contributed by atoms with Crippen molar-refractivity contribution in [1.82, 2.24) is 4.98 Å². The summed E-state index contributed by atoms with van der Waals surface area (Å²) < 4.78 is 48.3. The fourth-order valence-electron chi connectivity index (χ4n) is 4.85. The quantitative estimate of drug-likeness (QED) is 0.345. The number of thiazole rings is 1. The number of para-hydroxylation sites is 1. The van der Waals surface area contributed by atoms with Gasteiger partial charge in [0.25, 0.3) is 15.9 Å². The van der Waals surface area contributed by atoms with Gasteiger partial charge in [0.2, 0.25) is 0 Å². The standard InChI is InChI=1S/C27H24FN3O4S2/c28-20-9-12-23-25(16-20)36-27(29-23)30(17-21-5-3-15-35-21)26(32)19-7-10-22(11-8-19)37(33,34)31-14-13-18-4-1-2-6-24(18)31/h1-2,4,6-12,16,21H,3,5,13-15,17H2. The number of carbonyl (C=O) groups is 1. The van der Waals surface area contributed by atoms with Crippen LogP contribution in [0.4, 0.5) is 15.2 Å². The van der Waals surface area contributed by atoms with Crippen LogP contribution in [0.5, 0.6) is 0 Å². The van der Waals surface area contributed by atoms with Gasteiger partial charge >= 0.3 is 0 Å². The third kappa shape index (κ3) is 4.49. The van der Waals surface area contributed by atoms with E-state index in [0.29, 0.717) is 52.7 Å². The minimum absolute atomic E-state index is 0.123. The molecule has 2 aliphatic heterocycles. The number of hydrogen-bond donors (Lipinski definition) is 0. The first-order chi connectivity index (χ1) is 17.9. The first-order valence-corrected chi connectivity index (χ1v) is 14.4. The molecule has 0 aliphatic carbocycles. The number of amides is 1. The molecule has 1 unspecified atom stereocenters. The van der Waals surface area contributed by atoms with Gasteiger partial charge in [-0.15, -0.1) is 0 Å². The molecule has 2 aliphatic rings.